The molecule has 0 bridgehead atoms. The average Bonchev–Trinajstić information content (AvgIpc) is 3.16. The Morgan fingerprint density at radius 2 is 1.96 bits per heavy atom. The van der Waals surface area contributed by atoms with Crippen molar-refractivity contribution in [3.63, 3.8) is 0 Å². The maximum atomic E-state index is 14.0. The first kappa shape index (κ1) is 15.5. The monoisotopic (exact) mass is 321 g/mol. The molecule has 0 atom stereocenters. The zero-order valence-electron chi connectivity index (χ0n) is 12.7. The number of nitrogens with one attached hydrogen (secondary N) is 1. The average molecular weight is 321 g/mol. The molecule has 122 valence electrons. The standard InChI is InChI=1S/C16H17F2N3O2/c1-23-11-8-12(17)15(13(18)9-11)16(22)20-14-6-7-19-21(14)10-4-2-3-5-10/h6-10H,2-5H2,1H3,(H,20,22). The fourth-order valence-electron chi connectivity index (χ4n) is 2.92. The van der Waals surface area contributed by atoms with Crippen molar-refractivity contribution in [3.8, 4) is 5.75 Å². The molecule has 1 aromatic carbocycles. The van der Waals surface area contributed by atoms with E-state index in [2.05, 4.69) is 10.4 Å². The van der Waals surface area contributed by atoms with Gasteiger partial charge in [0.1, 0.15) is 28.8 Å². The molecule has 1 aromatic heterocycles. The molecule has 0 aliphatic heterocycles. The molecule has 23 heavy (non-hydrogen) atoms. The van der Waals surface area contributed by atoms with Crippen LogP contribution in [-0.4, -0.2) is 22.8 Å². The van der Waals surface area contributed by atoms with E-state index in [4.69, 9.17) is 4.74 Å². The summed E-state index contributed by atoms with van der Waals surface area (Å²) in [5.74, 6) is -2.32. The van der Waals surface area contributed by atoms with Crippen LogP contribution in [0.1, 0.15) is 42.1 Å². The minimum Gasteiger partial charge on any atom is -0.497 e. The first-order valence-corrected chi connectivity index (χ1v) is 7.48. The number of aromatic nitrogens is 2. The number of ether oxygens (including phenoxy) is 1. The Bertz CT molecular complexity index is 701. The van der Waals surface area contributed by atoms with Gasteiger partial charge in [0.2, 0.25) is 0 Å². The molecule has 1 aliphatic carbocycles. The third-order valence-electron chi connectivity index (χ3n) is 4.06. The minimum atomic E-state index is -0.966. The summed E-state index contributed by atoms with van der Waals surface area (Å²) in [7, 11) is 1.30. The van der Waals surface area contributed by atoms with E-state index in [0.717, 1.165) is 37.8 Å². The van der Waals surface area contributed by atoms with E-state index < -0.39 is 23.1 Å². The first-order chi connectivity index (χ1) is 11.1. The summed E-state index contributed by atoms with van der Waals surface area (Å²) in [4.78, 5) is 12.2. The molecule has 0 unspecified atom stereocenters. The van der Waals surface area contributed by atoms with Crippen LogP contribution in [-0.2, 0) is 0 Å². The van der Waals surface area contributed by atoms with Crippen molar-refractivity contribution in [1.82, 2.24) is 9.78 Å². The van der Waals surface area contributed by atoms with Gasteiger partial charge in [0.15, 0.2) is 0 Å². The molecular weight excluding hydrogens is 304 g/mol. The van der Waals surface area contributed by atoms with Crippen molar-refractivity contribution in [2.75, 3.05) is 12.4 Å². The summed E-state index contributed by atoms with van der Waals surface area (Å²) in [6.07, 6.45) is 5.75. The molecule has 0 spiro atoms. The van der Waals surface area contributed by atoms with Crippen LogP contribution in [0.15, 0.2) is 24.4 Å². The maximum absolute atomic E-state index is 14.0. The number of hydrogen-bond acceptors (Lipinski definition) is 3. The molecule has 1 fully saturated rings. The lowest BCUT2D eigenvalue weighted by Crippen LogP contribution is -2.20. The summed E-state index contributed by atoms with van der Waals surface area (Å²) in [6, 6.07) is 3.79. The third-order valence-corrected chi connectivity index (χ3v) is 4.06. The van der Waals surface area contributed by atoms with E-state index in [1.807, 2.05) is 0 Å². The van der Waals surface area contributed by atoms with Gasteiger partial charge in [-0.1, -0.05) is 12.8 Å². The SMILES string of the molecule is COc1cc(F)c(C(=O)Nc2ccnn2C2CCCC2)c(F)c1. The molecule has 1 amide bonds. The second-order valence-electron chi connectivity index (χ2n) is 5.52. The Balaban J connectivity index is 1.84. The molecule has 0 radical (unpaired) electrons. The molecule has 1 heterocycles. The maximum Gasteiger partial charge on any atom is 0.262 e. The fourth-order valence-corrected chi connectivity index (χ4v) is 2.92. The normalized spacial score (nSPS) is 14.9. The predicted molar refractivity (Wildman–Crippen MR) is 80.6 cm³/mol. The highest BCUT2D eigenvalue weighted by molar-refractivity contribution is 6.04. The van der Waals surface area contributed by atoms with Gasteiger partial charge in [-0.3, -0.25) is 4.79 Å². The van der Waals surface area contributed by atoms with Crippen molar-refractivity contribution >= 4 is 11.7 Å². The van der Waals surface area contributed by atoms with E-state index >= 15 is 0 Å². The van der Waals surface area contributed by atoms with Crippen LogP contribution in [0.2, 0.25) is 0 Å². The first-order valence-electron chi connectivity index (χ1n) is 7.48. The van der Waals surface area contributed by atoms with Crippen molar-refractivity contribution in [2.45, 2.75) is 31.7 Å². The summed E-state index contributed by atoms with van der Waals surface area (Å²) in [6.45, 7) is 0. The third kappa shape index (κ3) is 3.04. The number of anilines is 1. The van der Waals surface area contributed by atoms with E-state index in [1.54, 1.807) is 16.9 Å². The van der Waals surface area contributed by atoms with E-state index in [-0.39, 0.29) is 11.8 Å². The van der Waals surface area contributed by atoms with Gasteiger partial charge in [-0.05, 0) is 12.8 Å². The number of rotatable bonds is 4. The van der Waals surface area contributed by atoms with Crippen LogP contribution in [0.5, 0.6) is 5.75 Å². The van der Waals surface area contributed by atoms with Crippen molar-refractivity contribution in [1.29, 1.82) is 0 Å². The minimum absolute atomic E-state index is 0.0209. The Labute approximate surface area is 132 Å². The number of benzene rings is 1. The predicted octanol–water partition coefficient (Wildman–Crippen LogP) is 3.54. The largest absolute Gasteiger partial charge is 0.497 e. The van der Waals surface area contributed by atoms with Gasteiger partial charge in [-0.25, -0.2) is 13.5 Å². The van der Waals surface area contributed by atoms with Gasteiger partial charge in [0.25, 0.3) is 5.91 Å². The number of halogens is 2. The zero-order chi connectivity index (χ0) is 16.4. The number of methoxy groups -OCH3 is 1. The molecule has 0 saturated heterocycles. The van der Waals surface area contributed by atoms with Gasteiger partial charge in [-0.15, -0.1) is 0 Å². The van der Waals surface area contributed by atoms with Crippen LogP contribution in [0.25, 0.3) is 0 Å². The fraction of sp³-hybridized carbons (Fsp3) is 0.375. The summed E-state index contributed by atoms with van der Waals surface area (Å²) in [5.41, 5.74) is -0.634. The van der Waals surface area contributed by atoms with Crippen LogP contribution < -0.4 is 10.1 Å². The number of hydrogen-bond donors (Lipinski definition) is 1. The molecule has 1 saturated carbocycles. The molecule has 7 heteroatoms. The molecule has 5 nitrogen and oxygen atoms in total. The van der Waals surface area contributed by atoms with Gasteiger partial charge >= 0.3 is 0 Å². The van der Waals surface area contributed by atoms with Crippen LogP contribution in [0.3, 0.4) is 0 Å². The Kier molecular flexibility index (Phi) is 4.27. The number of amides is 1. The second kappa shape index (κ2) is 6.36. The van der Waals surface area contributed by atoms with Gasteiger partial charge < -0.3 is 10.1 Å². The smallest absolute Gasteiger partial charge is 0.262 e. The summed E-state index contributed by atoms with van der Waals surface area (Å²) < 4.78 is 34.4. The van der Waals surface area contributed by atoms with Crippen LogP contribution in [0, 0.1) is 11.6 Å². The summed E-state index contributed by atoms with van der Waals surface area (Å²) in [5, 5.41) is 6.76. The molecule has 3 rings (SSSR count). The number of nitrogens with zero attached hydrogens (tertiary/aromatic N) is 2. The lowest BCUT2D eigenvalue weighted by Gasteiger charge is -2.15. The van der Waals surface area contributed by atoms with Crippen molar-refractivity contribution < 1.29 is 18.3 Å². The van der Waals surface area contributed by atoms with E-state index in [1.165, 1.54) is 7.11 Å². The van der Waals surface area contributed by atoms with E-state index in [0.29, 0.717) is 5.82 Å². The van der Waals surface area contributed by atoms with Gasteiger partial charge in [-0.2, -0.15) is 5.10 Å². The van der Waals surface area contributed by atoms with E-state index in [9.17, 15) is 13.6 Å². The zero-order valence-corrected chi connectivity index (χ0v) is 12.7. The molecule has 2 aromatic rings. The van der Waals surface area contributed by atoms with Gasteiger partial charge in [0.05, 0.1) is 19.3 Å². The Morgan fingerprint density at radius 3 is 2.57 bits per heavy atom. The number of carbonyl (C=O) groups excluding carboxylic acids is 1. The highest BCUT2D eigenvalue weighted by Gasteiger charge is 2.23. The van der Waals surface area contributed by atoms with Gasteiger partial charge in [0, 0.05) is 18.2 Å². The number of carbonyl (C=O) groups is 1. The van der Waals surface area contributed by atoms with Crippen molar-refractivity contribution in [3.05, 3.63) is 41.6 Å². The van der Waals surface area contributed by atoms with Crippen LogP contribution >= 0.6 is 0 Å². The quantitative estimate of drug-likeness (QED) is 0.937. The van der Waals surface area contributed by atoms with Crippen molar-refractivity contribution in [2.24, 2.45) is 0 Å². The summed E-state index contributed by atoms with van der Waals surface area (Å²) >= 11 is 0. The Hall–Kier alpha value is -2.44. The lowest BCUT2D eigenvalue weighted by molar-refractivity contribution is 0.101. The molecule has 1 aliphatic rings. The Morgan fingerprint density at radius 1 is 1.30 bits per heavy atom. The highest BCUT2D eigenvalue weighted by atomic mass is 19.1. The second-order valence-corrected chi connectivity index (χ2v) is 5.52. The van der Waals surface area contributed by atoms with Crippen LogP contribution in [0.4, 0.5) is 14.6 Å². The molecule has 1 N–H and O–H groups in total. The molecular formula is C16H17F2N3O2. The topological polar surface area (TPSA) is 56.1 Å². The highest BCUT2D eigenvalue weighted by Crippen LogP contribution is 2.31. The lowest BCUT2D eigenvalue weighted by atomic mass is 10.1.